The Morgan fingerprint density at radius 1 is 1.03 bits per heavy atom. The maximum atomic E-state index is 5.30. The highest BCUT2D eigenvalue weighted by molar-refractivity contribution is 7.99. The van der Waals surface area contributed by atoms with Gasteiger partial charge in [-0.1, -0.05) is 32.0 Å². The molecule has 2 heterocycles. The third-order valence-corrected chi connectivity index (χ3v) is 4.86. The fourth-order valence-electron chi connectivity index (χ4n) is 2.73. The second-order valence-corrected chi connectivity index (χ2v) is 7.03. The van der Waals surface area contributed by atoms with Crippen LogP contribution in [-0.4, -0.2) is 34.1 Å². The predicted octanol–water partition coefficient (Wildman–Crippen LogP) is 5.03. The lowest BCUT2D eigenvalue weighted by molar-refractivity contribution is 0.185. The molecule has 4 aromatic rings. The molecule has 1 N–H and O–H groups in total. The number of hydrogen-bond acceptors (Lipinski definition) is 7. The first-order chi connectivity index (χ1) is 14.7. The lowest BCUT2D eigenvalue weighted by Gasteiger charge is -2.10. The van der Waals surface area contributed by atoms with E-state index in [1.807, 2.05) is 68.6 Å². The number of para-hydroxylation sites is 1. The van der Waals surface area contributed by atoms with E-state index in [-0.39, 0.29) is 0 Å². The van der Waals surface area contributed by atoms with E-state index in [4.69, 9.17) is 14.5 Å². The largest absolute Gasteiger partial charge is 0.497 e. The fourth-order valence-corrected chi connectivity index (χ4v) is 3.54. The molecule has 0 atom stereocenters. The number of nitrogens with zero attached hydrogens (tertiary/aromatic N) is 4. The molecule has 4 rings (SSSR count). The normalized spacial score (nSPS) is 10.4. The van der Waals surface area contributed by atoms with Crippen molar-refractivity contribution in [2.45, 2.75) is 30.5 Å². The van der Waals surface area contributed by atoms with Gasteiger partial charge in [0.15, 0.2) is 11.0 Å². The van der Waals surface area contributed by atoms with Crippen molar-refractivity contribution in [2.24, 2.45) is 0 Å². The predicted molar refractivity (Wildman–Crippen MR) is 120 cm³/mol. The maximum Gasteiger partial charge on any atom is 0.195 e. The van der Waals surface area contributed by atoms with Crippen molar-refractivity contribution in [2.75, 3.05) is 19.6 Å². The Kier molecular flexibility index (Phi) is 7.64. The molecular formula is C22H25N5O2S. The minimum Gasteiger partial charge on any atom is -0.497 e. The van der Waals surface area contributed by atoms with Gasteiger partial charge in [-0.2, -0.15) is 9.89 Å². The second kappa shape index (κ2) is 10.6. The Balaban J connectivity index is 0.00000124. The summed E-state index contributed by atoms with van der Waals surface area (Å²) in [5.74, 6) is 1.48. The van der Waals surface area contributed by atoms with Gasteiger partial charge in [0, 0.05) is 23.0 Å². The average Bonchev–Trinajstić information content (AvgIpc) is 3.22. The smallest absolute Gasteiger partial charge is 0.195 e. The molecule has 0 aliphatic rings. The van der Waals surface area contributed by atoms with Crippen LogP contribution in [0.1, 0.15) is 19.4 Å². The van der Waals surface area contributed by atoms with E-state index in [0.717, 1.165) is 27.1 Å². The molecule has 30 heavy (non-hydrogen) atoms. The van der Waals surface area contributed by atoms with Crippen LogP contribution in [-0.2, 0) is 11.3 Å². The Morgan fingerprint density at radius 3 is 2.67 bits per heavy atom. The SMILES string of the molecule is CC.COCc1cnn(Nc2nc(Sc3cccc(OC)c3)nc3ccccc23)c1. The number of ether oxygens (including phenoxy) is 2. The summed E-state index contributed by atoms with van der Waals surface area (Å²) >= 11 is 1.48. The number of anilines is 1. The first-order valence-corrected chi connectivity index (χ1v) is 10.4. The van der Waals surface area contributed by atoms with Crippen molar-refractivity contribution in [3.05, 3.63) is 66.5 Å². The van der Waals surface area contributed by atoms with Gasteiger partial charge in [-0.15, -0.1) is 0 Å². The zero-order valence-electron chi connectivity index (χ0n) is 17.5. The van der Waals surface area contributed by atoms with Crippen LogP contribution in [0.4, 0.5) is 5.82 Å². The molecule has 0 saturated carbocycles. The van der Waals surface area contributed by atoms with Crippen LogP contribution in [0.3, 0.4) is 0 Å². The molecule has 0 aliphatic heterocycles. The molecule has 0 fully saturated rings. The van der Waals surface area contributed by atoms with Gasteiger partial charge in [-0.3, -0.25) is 5.43 Å². The summed E-state index contributed by atoms with van der Waals surface area (Å²) < 4.78 is 10.4. The van der Waals surface area contributed by atoms with Crippen molar-refractivity contribution in [3.63, 3.8) is 0 Å². The van der Waals surface area contributed by atoms with E-state index >= 15 is 0 Å². The molecule has 2 aromatic carbocycles. The summed E-state index contributed by atoms with van der Waals surface area (Å²) in [6.07, 6.45) is 3.63. The van der Waals surface area contributed by atoms with Gasteiger partial charge in [-0.05, 0) is 42.1 Å². The molecule has 7 nitrogen and oxygen atoms in total. The molecule has 2 aromatic heterocycles. The molecule has 0 amide bonds. The van der Waals surface area contributed by atoms with Crippen LogP contribution < -0.4 is 10.2 Å². The number of hydrogen-bond donors (Lipinski definition) is 1. The van der Waals surface area contributed by atoms with Gasteiger partial charge < -0.3 is 9.47 Å². The summed E-state index contributed by atoms with van der Waals surface area (Å²) in [4.78, 5) is 12.0. The van der Waals surface area contributed by atoms with Crippen LogP contribution >= 0.6 is 11.8 Å². The Bertz CT molecular complexity index is 1100. The molecule has 156 valence electrons. The minimum absolute atomic E-state index is 0.503. The zero-order valence-corrected chi connectivity index (χ0v) is 18.3. The first kappa shape index (κ1) is 21.6. The quantitative estimate of drug-likeness (QED) is 0.418. The van der Waals surface area contributed by atoms with Crippen LogP contribution in [0, 0.1) is 0 Å². The molecule has 0 spiro atoms. The van der Waals surface area contributed by atoms with E-state index in [2.05, 4.69) is 15.5 Å². The van der Waals surface area contributed by atoms with Crippen molar-refractivity contribution < 1.29 is 9.47 Å². The minimum atomic E-state index is 0.503. The number of methoxy groups -OCH3 is 2. The standard InChI is InChI=1S/C20H19N5O2S.C2H6/c1-26-13-14-11-21-25(12-14)24-19-17-8-3-4-9-18(17)22-20(23-19)28-16-7-5-6-15(10-16)27-2;1-2/h3-12H,13H2,1-2H3,(H,22,23,24);1-2H3. The number of nitrogens with one attached hydrogen (secondary N) is 1. The maximum absolute atomic E-state index is 5.30. The first-order valence-electron chi connectivity index (χ1n) is 9.63. The highest BCUT2D eigenvalue weighted by Gasteiger charge is 2.10. The van der Waals surface area contributed by atoms with Crippen LogP contribution in [0.15, 0.2) is 71.0 Å². The highest BCUT2D eigenvalue weighted by Crippen LogP contribution is 2.31. The number of aromatic nitrogens is 4. The van der Waals surface area contributed by atoms with E-state index in [1.165, 1.54) is 11.8 Å². The van der Waals surface area contributed by atoms with E-state index in [9.17, 15) is 0 Å². The van der Waals surface area contributed by atoms with Crippen LogP contribution in [0.2, 0.25) is 0 Å². The average molecular weight is 424 g/mol. The highest BCUT2D eigenvalue weighted by atomic mass is 32.2. The Hall–Kier alpha value is -3.10. The van der Waals surface area contributed by atoms with Gasteiger partial charge in [0.25, 0.3) is 0 Å². The van der Waals surface area contributed by atoms with Crippen LogP contribution in [0.25, 0.3) is 10.9 Å². The summed E-state index contributed by atoms with van der Waals surface area (Å²) in [6, 6.07) is 15.7. The van der Waals surface area contributed by atoms with Crippen molar-refractivity contribution in [1.82, 2.24) is 19.9 Å². The number of fused-ring (bicyclic) bond motifs is 1. The van der Waals surface area contributed by atoms with Crippen molar-refractivity contribution in [1.29, 1.82) is 0 Å². The summed E-state index contributed by atoms with van der Waals surface area (Å²) in [7, 11) is 3.31. The molecule has 0 aliphatic carbocycles. The topological polar surface area (TPSA) is 74.1 Å². The molecule has 0 saturated heterocycles. The summed E-state index contributed by atoms with van der Waals surface area (Å²) in [6.45, 7) is 4.50. The van der Waals surface area contributed by atoms with E-state index in [1.54, 1.807) is 25.2 Å². The van der Waals surface area contributed by atoms with Crippen molar-refractivity contribution in [3.8, 4) is 5.75 Å². The zero-order chi connectivity index (χ0) is 21.3. The lowest BCUT2D eigenvalue weighted by atomic mass is 10.2. The Labute approximate surface area is 180 Å². The van der Waals surface area contributed by atoms with Crippen molar-refractivity contribution >= 4 is 28.5 Å². The molecule has 0 bridgehead atoms. The second-order valence-electron chi connectivity index (χ2n) is 5.99. The monoisotopic (exact) mass is 423 g/mol. The Morgan fingerprint density at radius 2 is 1.87 bits per heavy atom. The summed E-state index contributed by atoms with van der Waals surface area (Å²) in [5.41, 5.74) is 5.06. The van der Waals surface area contributed by atoms with Gasteiger partial charge in [0.2, 0.25) is 0 Å². The fraction of sp³-hybridized carbons (Fsp3) is 0.227. The molecular weight excluding hydrogens is 398 g/mol. The number of benzene rings is 2. The van der Waals surface area contributed by atoms with Gasteiger partial charge in [0.05, 0.1) is 31.6 Å². The molecule has 8 heteroatoms. The van der Waals surface area contributed by atoms with E-state index < -0.39 is 0 Å². The van der Waals surface area contributed by atoms with Gasteiger partial charge in [0.1, 0.15) is 5.75 Å². The molecule has 0 radical (unpaired) electrons. The van der Waals surface area contributed by atoms with Gasteiger partial charge in [-0.25, -0.2) is 9.97 Å². The third kappa shape index (κ3) is 5.28. The summed E-state index contributed by atoms with van der Waals surface area (Å²) in [5, 5.41) is 5.87. The van der Waals surface area contributed by atoms with Crippen LogP contribution in [0.5, 0.6) is 5.75 Å². The number of rotatable bonds is 7. The van der Waals surface area contributed by atoms with E-state index in [0.29, 0.717) is 17.6 Å². The molecule has 0 unspecified atom stereocenters. The van der Waals surface area contributed by atoms with Gasteiger partial charge >= 0.3 is 0 Å². The lowest BCUT2D eigenvalue weighted by Crippen LogP contribution is -2.11. The third-order valence-electron chi connectivity index (χ3n) is 4.00.